The summed E-state index contributed by atoms with van der Waals surface area (Å²) in [5.41, 5.74) is 0. The van der Waals surface area contributed by atoms with Crippen molar-refractivity contribution in [1.29, 1.82) is 0 Å². The SMILES string of the molecule is C[PH](=O)NN. The van der Waals surface area contributed by atoms with Gasteiger partial charge in [0.05, 0.1) is 0 Å². The zero-order chi connectivity index (χ0) is 4.28. The van der Waals surface area contributed by atoms with Gasteiger partial charge >= 0.3 is 0 Å². The first-order valence-electron chi connectivity index (χ1n) is 1.24. The van der Waals surface area contributed by atoms with Crippen LogP contribution in [0.25, 0.3) is 0 Å². The van der Waals surface area contributed by atoms with Crippen molar-refractivity contribution in [2.75, 3.05) is 6.66 Å². The average Bonchev–Trinajstić information content (AvgIpc) is 1.38. The summed E-state index contributed by atoms with van der Waals surface area (Å²) < 4.78 is 9.76. The number of hydrogen-bond acceptors (Lipinski definition) is 2. The van der Waals surface area contributed by atoms with E-state index in [0.29, 0.717) is 0 Å². The van der Waals surface area contributed by atoms with Crippen LogP contribution in [0.3, 0.4) is 0 Å². The van der Waals surface area contributed by atoms with E-state index in [1.54, 1.807) is 0 Å². The topological polar surface area (TPSA) is 55.1 Å². The minimum absolute atomic E-state index is 1.53. The number of nitrogens with two attached hydrogens (primary N) is 1. The lowest BCUT2D eigenvalue weighted by Gasteiger charge is -1.80. The lowest BCUT2D eigenvalue weighted by Crippen LogP contribution is -2.10. The summed E-state index contributed by atoms with van der Waals surface area (Å²) in [5.74, 6) is 4.65. The molecule has 0 heterocycles. The van der Waals surface area contributed by atoms with Crippen molar-refractivity contribution in [3.05, 3.63) is 0 Å². The summed E-state index contributed by atoms with van der Waals surface area (Å²) in [6.45, 7) is 1.53. The van der Waals surface area contributed by atoms with E-state index in [0.717, 1.165) is 0 Å². The minimum Gasteiger partial charge on any atom is -0.309 e. The smallest absolute Gasteiger partial charge is 0.145 e. The highest BCUT2D eigenvalue weighted by molar-refractivity contribution is 7.41. The van der Waals surface area contributed by atoms with Gasteiger partial charge in [0, 0.05) is 6.66 Å². The molecule has 0 aromatic rings. The first-order chi connectivity index (χ1) is 2.27. The van der Waals surface area contributed by atoms with Crippen molar-refractivity contribution in [2.45, 2.75) is 0 Å². The third kappa shape index (κ3) is 4.15. The summed E-state index contributed by atoms with van der Waals surface area (Å²) in [5, 5.41) is 2.07. The van der Waals surface area contributed by atoms with Crippen LogP contribution in [0.5, 0.6) is 0 Å². The Hall–Kier alpha value is 0.150. The zero-order valence-corrected chi connectivity index (χ0v) is 3.99. The van der Waals surface area contributed by atoms with E-state index in [2.05, 4.69) is 11.0 Å². The quantitative estimate of drug-likeness (QED) is 0.263. The molecule has 3 N–H and O–H groups in total. The largest absolute Gasteiger partial charge is 0.309 e. The van der Waals surface area contributed by atoms with E-state index in [1.807, 2.05) is 0 Å². The predicted molar refractivity (Wildman–Crippen MR) is 22.2 cm³/mol. The van der Waals surface area contributed by atoms with Crippen LogP contribution in [0.2, 0.25) is 0 Å². The summed E-state index contributed by atoms with van der Waals surface area (Å²) in [6, 6.07) is 0. The molecule has 0 radical (unpaired) electrons. The number of hydrazine groups is 1. The first-order valence-corrected chi connectivity index (χ1v) is 3.15. The Balaban J connectivity index is 2.85. The molecular formula is CH7N2OP. The molecule has 1 unspecified atom stereocenters. The number of rotatable bonds is 1. The zero-order valence-electron chi connectivity index (χ0n) is 2.99. The maximum Gasteiger partial charge on any atom is 0.145 e. The molecule has 4 heteroatoms. The molecule has 0 aromatic heterocycles. The van der Waals surface area contributed by atoms with Gasteiger partial charge in [-0.25, -0.2) is 5.20 Å². The van der Waals surface area contributed by atoms with Gasteiger partial charge in [-0.05, 0) is 0 Å². The Morgan fingerprint density at radius 1 is 2.00 bits per heavy atom. The summed E-state index contributed by atoms with van der Waals surface area (Å²) >= 11 is 0. The molecule has 1 atom stereocenters. The first kappa shape index (κ1) is 5.15. The summed E-state index contributed by atoms with van der Waals surface area (Å²) in [6.07, 6.45) is 0. The van der Waals surface area contributed by atoms with Gasteiger partial charge in [-0.3, -0.25) is 5.84 Å². The molecule has 0 fully saturated rings. The maximum absolute atomic E-state index is 9.76. The molecule has 0 rings (SSSR count). The fourth-order valence-electron chi connectivity index (χ4n) is 0. The molecular weight excluding hydrogens is 87.0 g/mol. The minimum atomic E-state index is -1.60. The van der Waals surface area contributed by atoms with E-state index >= 15 is 0 Å². The van der Waals surface area contributed by atoms with Crippen molar-refractivity contribution < 1.29 is 4.57 Å². The predicted octanol–water partition coefficient (Wildman–Crippen LogP) is -0.446. The van der Waals surface area contributed by atoms with Gasteiger partial charge in [-0.15, -0.1) is 0 Å². The lowest BCUT2D eigenvalue weighted by molar-refractivity contribution is 0.584. The summed E-state index contributed by atoms with van der Waals surface area (Å²) in [7, 11) is -1.60. The second-order valence-corrected chi connectivity index (χ2v) is 2.10. The highest BCUT2D eigenvalue weighted by Gasteiger charge is 1.70. The van der Waals surface area contributed by atoms with Crippen LogP contribution in [-0.2, 0) is 4.57 Å². The van der Waals surface area contributed by atoms with Crippen LogP contribution in [-0.4, -0.2) is 6.66 Å². The molecule has 0 aliphatic carbocycles. The van der Waals surface area contributed by atoms with Crippen molar-refractivity contribution in [3.63, 3.8) is 0 Å². The van der Waals surface area contributed by atoms with E-state index in [-0.39, 0.29) is 0 Å². The highest BCUT2D eigenvalue weighted by atomic mass is 31.1. The third-order valence-electron chi connectivity index (χ3n) is 0.203. The van der Waals surface area contributed by atoms with Crippen LogP contribution < -0.4 is 11.0 Å². The van der Waals surface area contributed by atoms with Gasteiger partial charge in [-0.2, -0.15) is 0 Å². The maximum atomic E-state index is 9.76. The summed E-state index contributed by atoms with van der Waals surface area (Å²) in [4.78, 5) is 0. The van der Waals surface area contributed by atoms with Crippen molar-refractivity contribution in [1.82, 2.24) is 5.20 Å². The Morgan fingerprint density at radius 3 is 2.20 bits per heavy atom. The van der Waals surface area contributed by atoms with Crippen LogP contribution >= 0.6 is 7.95 Å². The Morgan fingerprint density at radius 2 is 2.20 bits per heavy atom. The van der Waals surface area contributed by atoms with Crippen LogP contribution in [0.15, 0.2) is 0 Å². The van der Waals surface area contributed by atoms with Gasteiger partial charge in [0.1, 0.15) is 7.95 Å². The van der Waals surface area contributed by atoms with E-state index < -0.39 is 7.95 Å². The molecule has 32 valence electrons. The van der Waals surface area contributed by atoms with Crippen LogP contribution in [0.1, 0.15) is 0 Å². The van der Waals surface area contributed by atoms with Crippen molar-refractivity contribution in [3.8, 4) is 0 Å². The standard InChI is InChI=1S/CH7N2OP/c1-5(4)3-2/h5H,2H2,1H3,(H,3,4). The van der Waals surface area contributed by atoms with E-state index in [9.17, 15) is 4.57 Å². The van der Waals surface area contributed by atoms with Gasteiger partial charge < -0.3 is 4.57 Å². The Kier molecular flexibility index (Phi) is 2.46. The monoisotopic (exact) mass is 94.0 g/mol. The molecule has 0 aliphatic rings. The van der Waals surface area contributed by atoms with Crippen LogP contribution in [0.4, 0.5) is 0 Å². The van der Waals surface area contributed by atoms with Crippen LogP contribution in [0, 0.1) is 0 Å². The van der Waals surface area contributed by atoms with E-state index in [4.69, 9.17) is 0 Å². The fraction of sp³-hybridized carbons (Fsp3) is 1.00. The molecule has 0 aliphatic heterocycles. The molecule has 0 aromatic carbocycles. The lowest BCUT2D eigenvalue weighted by atomic mass is 12.0. The van der Waals surface area contributed by atoms with E-state index in [1.165, 1.54) is 6.66 Å². The van der Waals surface area contributed by atoms with Gasteiger partial charge in [0.15, 0.2) is 0 Å². The Bertz CT molecular complexity index is 44.9. The molecule has 5 heavy (non-hydrogen) atoms. The third-order valence-corrected chi connectivity index (χ3v) is 0.610. The fourth-order valence-corrected chi connectivity index (χ4v) is 0. The number of hydrogen-bond donors (Lipinski definition) is 2. The molecule has 0 spiro atoms. The number of nitrogens with one attached hydrogen (secondary N) is 1. The Labute approximate surface area is 31.4 Å². The highest BCUT2D eigenvalue weighted by Crippen LogP contribution is 1.98. The molecule has 0 amide bonds. The van der Waals surface area contributed by atoms with Crippen molar-refractivity contribution in [2.24, 2.45) is 5.84 Å². The molecule has 0 bridgehead atoms. The van der Waals surface area contributed by atoms with Gasteiger partial charge in [0.2, 0.25) is 0 Å². The second kappa shape index (κ2) is 2.39. The normalized spacial score (nSPS) is 14.8. The van der Waals surface area contributed by atoms with Gasteiger partial charge in [0.25, 0.3) is 0 Å². The average molecular weight is 94.1 g/mol. The molecule has 0 saturated heterocycles. The molecule has 0 saturated carbocycles. The second-order valence-electron chi connectivity index (χ2n) is 0.701. The molecule has 3 nitrogen and oxygen atoms in total. The van der Waals surface area contributed by atoms with Gasteiger partial charge in [-0.1, -0.05) is 0 Å². The van der Waals surface area contributed by atoms with Crippen molar-refractivity contribution >= 4 is 7.95 Å².